The molecule has 0 spiro atoms. The van der Waals surface area contributed by atoms with E-state index in [1.165, 1.54) is 13.0 Å². The molecule has 0 unspecified atom stereocenters. The molecule has 7 nitrogen and oxygen atoms in total. The van der Waals surface area contributed by atoms with E-state index in [1.807, 2.05) is 6.07 Å². The van der Waals surface area contributed by atoms with Gasteiger partial charge in [-0.2, -0.15) is 5.26 Å². The highest BCUT2D eigenvalue weighted by molar-refractivity contribution is 5.94. The molecular formula is C15H16N2O5. The number of carbonyl (C=O) groups is 3. The smallest absolute Gasteiger partial charge is 0.344 e. The molecular weight excluding hydrogens is 288 g/mol. The number of rotatable bonds is 8. The van der Waals surface area contributed by atoms with Crippen molar-refractivity contribution in [1.82, 2.24) is 5.32 Å². The molecule has 0 atom stereocenters. The summed E-state index contributed by atoms with van der Waals surface area (Å²) < 4.78 is 9.90. The number of hydrogen-bond acceptors (Lipinski definition) is 6. The number of ether oxygens (including phenoxy) is 2. The van der Waals surface area contributed by atoms with Gasteiger partial charge in [0, 0.05) is 12.1 Å². The topological polar surface area (TPSA) is 105 Å². The summed E-state index contributed by atoms with van der Waals surface area (Å²) in [7, 11) is 0. The molecule has 1 aromatic carbocycles. The molecule has 1 aromatic rings. The number of carbonyl (C=O) groups excluding carboxylic acids is 3. The minimum atomic E-state index is -0.705. The van der Waals surface area contributed by atoms with E-state index in [2.05, 4.69) is 5.32 Å². The van der Waals surface area contributed by atoms with Crippen molar-refractivity contribution in [3.8, 4) is 11.8 Å². The van der Waals surface area contributed by atoms with Crippen LogP contribution < -0.4 is 10.1 Å². The second kappa shape index (κ2) is 9.13. The van der Waals surface area contributed by atoms with Gasteiger partial charge in [-0.15, -0.1) is 0 Å². The maximum absolute atomic E-state index is 11.4. The van der Waals surface area contributed by atoms with Crippen molar-refractivity contribution < 1.29 is 23.9 Å². The Morgan fingerprint density at radius 3 is 2.73 bits per heavy atom. The highest BCUT2D eigenvalue weighted by Crippen LogP contribution is 2.13. The van der Waals surface area contributed by atoms with Gasteiger partial charge >= 0.3 is 5.97 Å². The average molecular weight is 304 g/mol. The van der Waals surface area contributed by atoms with Crippen LogP contribution in [0.3, 0.4) is 0 Å². The monoisotopic (exact) mass is 304 g/mol. The summed E-state index contributed by atoms with van der Waals surface area (Å²) >= 11 is 0. The van der Waals surface area contributed by atoms with E-state index in [0.29, 0.717) is 11.3 Å². The molecule has 0 saturated carbocycles. The fraction of sp³-hybridized carbons (Fsp3) is 0.333. The van der Waals surface area contributed by atoms with Gasteiger partial charge in [-0.25, -0.2) is 4.79 Å². The van der Waals surface area contributed by atoms with Crippen LogP contribution in [0, 0.1) is 11.3 Å². The number of Topliss-reactive ketones (excluding diaryl/α,β-unsaturated/α-hetero) is 1. The molecule has 0 aromatic heterocycles. The van der Waals surface area contributed by atoms with E-state index in [1.54, 1.807) is 18.2 Å². The Morgan fingerprint density at radius 1 is 1.27 bits per heavy atom. The molecule has 22 heavy (non-hydrogen) atoms. The zero-order valence-corrected chi connectivity index (χ0v) is 12.1. The number of hydrogen-bond donors (Lipinski definition) is 1. The molecule has 0 fully saturated rings. The second-order valence-electron chi connectivity index (χ2n) is 4.29. The van der Waals surface area contributed by atoms with Gasteiger partial charge in [0.2, 0.25) is 0 Å². The molecule has 7 heteroatoms. The van der Waals surface area contributed by atoms with Gasteiger partial charge in [0.05, 0.1) is 12.5 Å². The Kier molecular flexibility index (Phi) is 7.13. The number of nitrogens with one attached hydrogen (secondary N) is 1. The lowest BCUT2D eigenvalue weighted by molar-refractivity contribution is -0.150. The summed E-state index contributed by atoms with van der Waals surface area (Å²) in [5, 5.41) is 10.7. The summed E-state index contributed by atoms with van der Waals surface area (Å²) in [5.74, 6) is -0.934. The normalized spacial score (nSPS) is 9.45. The predicted molar refractivity (Wildman–Crippen MR) is 76.1 cm³/mol. The fourth-order valence-electron chi connectivity index (χ4n) is 1.44. The van der Waals surface area contributed by atoms with Crippen LogP contribution in [-0.2, 0) is 14.3 Å². The molecule has 0 aliphatic rings. The third-order valence-electron chi connectivity index (χ3n) is 2.52. The van der Waals surface area contributed by atoms with E-state index < -0.39 is 18.5 Å². The Bertz CT molecular complexity index is 592. The maximum Gasteiger partial charge on any atom is 0.344 e. The quantitative estimate of drug-likeness (QED) is 0.433. The summed E-state index contributed by atoms with van der Waals surface area (Å²) in [5.41, 5.74) is 0.475. The molecule has 116 valence electrons. The first-order valence-electron chi connectivity index (χ1n) is 6.56. The van der Waals surface area contributed by atoms with Crippen molar-refractivity contribution in [2.75, 3.05) is 19.8 Å². The minimum Gasteiger partial charge on any atom is -0.482 e. The van der Waals surface area contributed by atoms with Gasteiger partial charge in [0.15, 0.2) is 19.0 Å². The van der Waals surface area contributed by atoms with Crippen molar-refractivity contribution in [3.05, 3.63) is 29.8 Å². The summed E-state index contributed by atoms with van der Waals surface area (Å²) in [6.45, 7) is 0.841. The second-order valence-corrected chi connectivity index (χ2v) is 4.29. The number of amides is 1. The fourth-order valence-corrected chi connectivity index (χ4v) is 1.44. The van der Waals surface area contributed by atoms with E-state index in [9.17, 15) is 14.4 Å². The van der Waals surface area contributed by atoms with E-state index in [0.717, 1.165) is 0 Å². The highest BCUT2D eigenvalue weighted by Gasteiger charge is 2.09. The molecule has 0 radical (unpaired) electrons. The number of ketones is 1. The lowest BCUT2D eigenvalue weighted by Gasteiger charge is -2.08. The Morgan fingerprint density at radius 2 is 2.05 bits per heavy atom. The van der Waals surface area contributed by atoms with Crippen molar-refractivity contribution in [2.24, 2.45) is 0 Å². The third-order valence-corrected chi connectivity index (χ3v) is 2.52. The van der Waals surface area contributed by atoms with Crippen LogP contribution in [0.25, 0.3) is 0 Å². The Balaban J connectivity index is 2.31. The Labute approximate surface area is 127 Å². The lowest BCUT2D eigenvalue weighted by atomic mass is 10.1. The van der Waals surface area contributed by atoms with E-state index in [4.69, 9.17) is 14.7 Å². The molecule has 1 amide bonds. The van der Waals surface area contributed by atoms with Gasteiger partial charge in [-0.05, 0) is 19.1 Å². The standard InChI is InChI=1S/C15H16N2O5/c1-11(18)12-4-2-5-13(8-12)21-10-15(20)22-9-14(19)17-7-3-6-16/h2,4-5,8H,3,7,9-10H2,1H3,(H,17,19). The first kappa shape index (κ1) is 17.2. The maximum atomic E-state index is 11.4. The largest absolute Gasteiger partial charge is 0.482 e. The first-order chi connectivity index (χ1) is 10.5. The van der Waals surface area contributed by atoms with Crippen molar-refractivity contribution in [2.45, 2.75) is 13.3 Å². The molecule has 0 bridgehead atoms. The SMILES string of the molecule is CC(=O)c1cccc(OCC(=O)OCC(=O)NCCC#N)c1. The Hall–Kier alpha value is -2.88. The number of nitriles is 1. The zero-order valence-electron chi connectivity index (χ0n) is 12.1. The van der Waals surface area contributed by atoms with Crippen LogP contribution in [0.2, 0.25) is 0 Å². The number of nitrogens with zero attached hydrogens (tertiary/aromatic N) is 1. The highest BCUT2D eigenvalue weighted by atomic mass is 16.6. The zero-order chi connectivity index (χ0) is 16.4. The van der Waals surface area contributed by atoms with E-state index >= 15 is 0 Å². The van der Waals surface area contributed by atoms with Gasteiger partial charge < -0.3 is 14.8 Å². The van der Waals surface area contributed by atoms with Crippen LogP contribution in [0.1, 0.15) is 23.7 Å². The average Bonchev–Trinajstić information content (AvgIpc) is 2.51. The van der Waals surface area contributed by atoms with E-state index in [-0.39, 0.29) is 25.4 Å². The minimum absolute atomic E-state index is 0.109. The predicted octanol–water partition coefficient (Wildman–Crippen LogP) is 0.841. The third kappa shape index (κ3) is 6.52. The van der Waals surface area contributed by atoms with Crippen molar-refractivity contribution in [1.29, 1.82) is 5.26 Å². The molecule has 0 aliphatic heterocycles. The van der Waals surface area contributed by atoms with Gasteiger partial charge in [0.25, 0.3) is 5.91 Å². The van der Waals surface area contributed by atoms with Crippen LogP contribution in [0.15, 0.2) is 24.3 Å². The van der Waals surface area contributed by atoms with Gasteiger partial charge in [-0.1, -0.05) is 12.1 Å². The molecule has 0 heterocycles. The number of benzene rings is 1. The van der Waals surface area contributed by atoms with Crippen LogP contribution in [-0.4, -0.2) is 37.4 Å². The summed E-state index contributed by atoms with van der Waals surface area (Å²) in [6, 6.07) is 8.27. The van der Waals surface area contributed by atoms with Crippen LogP contribution in [0.5, 0.6) is 5.75 Å². The van der Waals surface area contributed by atoms with Gasteiger partial charge in [-0.3, -0.25) is 9.59 Å². The van der Waals surface area contributed by atoms with Crippen molar-refractivity contribution in [3.63, 3.8) is 0 Å². The molecule has 1 rings (SSSR count). The summed E-state index contributed by atoms with van der Waals surface area (Å²) in [4.78, 5) is 33.9. The molecule has 1 N–H and O–H groups in total. The van der Waals surface area contributed by atoms with Gasteiger partial charge in [0.1, 0.15) is 5.75 Å². The molecule has 0 saturated heterocycles. The molecule has 0 aliphatic carbocycles. The number of esters is 1. The van der Waals surface area contributed by atoms with Crippen LogP contribution in [0.4, 0.5) is 0 Å². The van der Waals surface area contributed by atoms with Crippen molar-refractivity contribution >= 4 is 17.7 Å². The van der Waals surface area contributed by atoms with Crippen LogP contribution >= 0.6 is 0 Å². The summed E-state index contributed by atoms with van der Waals surface area (Å²) in [6.07, 6.45) is 0.190. The lowest BCUT2D eigenvalue weighted by Crippen LogP contribution is -2.30. The first-order valence-corrected chi connectivity index (χ1v) is 6.56.